The van der Waals surface area contributed by atoms with Gasteiger partial charge in [-0.3, -0.25) is 4.79 Å². The Morgan fingerprint density at radius 2 is 1.83 bits per heavy atom. The van der Waals surface area contributed by atoms with E-state index in [2.05, 4.69) is 37.9 Å². The molecule has 1 amide bonds. The third kappa shape index (κ3) is 6.33. The van der Waals surface area contributed by atoms with Crippen molar-refractivity contribution in [2.75, 3.05) is 37.9 Å². The highest BCUT2D eigenvalue weighted by atomic mass is 19.4. The molecule has 0 radical (unpaired) electrons. The van der Waals surface area contributed by atoms with Crippen LogP contribution in [-0.2, 0) is 6.18 Å². The van der Waals surface area contributed by atoms with Gasteiger partial charge in [0, 0.05) is 23.8 Å². The van der Waals surface area contributed by atoms with Gasteiger partial charge in [-0.25, -0.2) is 4.98 Å². The van der Waals surface area contributed by atoms with Gasteiger partial charge in [-0.1, -0.05) is 12.8 Å². The van der Waals surface area contributed by atoms with Gasteiger partial charge in [-0.15, -0.1) is 0 Å². The number of nitrogens with zero attached hydrogens (tertiary/aromatic N) is 3. The van der Waals surface area contributed by atoms with Crippen LogP contribution in [0.3, 0.4) is 0 Å². The largest absolute Gasteiger partial charge is 0.495 e. The Labute approximate surface area is 202 Å². The van der Waals surface area contributed by atoms with Crippen molar-refractivity contribution in [2.45, 2.75) is 56.8 Å². The van der Waals surface area contributed by atoms with Crippen molar-refractivity contribution < 1.29 is 22.7 Å². The monoisotopic (exact) mass is 492 g/mol. The quantitative estimate of drug-likeness (QED) is 0.527. The third-order valence-electron chi connectivity index (χ3n) is 6.55. The lowest BCUT2D eigenvalue weighted by atomic mass is 10.0. The summed E-state index contributed by atoms with van der Waals surface area (Å²) in [7, 11) is 3.52. The highest BCUT2D eigenvalue weighted by Crippen LogP contribution is 2.36. The molecule has 2 fully saturated rings. The maximum absolute atomic E-state index is 13.5. The minimum Gasteiger partial charge on any atom is -0.495 e. The number of hydrogen-bond acceptors (Lipinski definition) is 7. The normalized spacial score (nSPS) is 17.9. The average molecular weight is 493 g/mol. The number of amides is 1. The smallest absolute Gasteiger partial charge is 0.421 e. The van der Waals surface area contributed by atoms with E-state index < -0.39 is 11.7 Å². The average Bonchev–Trinajstić information content (AvgIpc) is 3.33. The standard InChI is InChI=1S/C24H31F3N6O2/c1-33-11-9-17(10-12-33)30-22(34)15-7-8-19(20(13-15)35-2)31-23-28-14-18(24(25,26)27)21(32-23)29-16-5-3-4-6-16/h7-8,13-14,16-17H,3-6,9-12H2,1-2H3,(H,30,34)(H2,28,29,31,32). The lowest BCUT2D eigenvalue weighted by molar-refractivity contribution is -0.137. The predicted molar refractivity (Wildman–Crippen MR) is 127 cm³/mol. The maximum atomic E-state index is 13.5. The van der Waals surface area contributed by atoms with E-state index in [-0.39, 0.29) is 29.8 Å². The zero-order chi connectivity index (χ0) is 25.0. The fraction of sp³-hybridized carbons (Fsp3) is 0.542. The molecule has 0 unspecified atom stereocenters. The molecule has 2 heterocycles. The van der Waals surface area contributed by atoms with E-state index in [4.69, 9.17) is 4.74 Å². The van der Waals surface area contributed by atoms with E-state index in [1.165, 1.54) is 7.11 Å². The topological polar surface area (TPSA) is 91.4 Å². The Kier molecular flexibility index (Phi) is 7.63. The minimum atomic E-state index is -4.57. The number of methoxy groups -OCH3 is 1. The highest BCUT2D eigenvalue weighted by molar-refractivity contribution is 5.95. The van der Waals surface area contributed by atoms with E-state index in [1.54, 1.807) is 18.2 Å². The Hall–Kier alpha value is -3.08. The molecule has 0 bridgehead atoms. The summed E-state index contributed by atoms with van der Waals surface area (Å²) in [6, 6.07) is 4.93. The van der Waals surface area contributed by atoms with Gasteiger partial charge in [-0.05, 0) is 64.0 Å². The van der Waals surface area contributed by atoms with Crippen molar-refractivity contribution in [3.63, 3.8) is 0 Å². The first-order chi connectivity index (χ1) is 16.7. The molecule has 35 heavy (non-hydrogen) atoms. The molecule has 1 aliphatic heterocycles. The van der Waals surface area contributed by atoms with Crippen molar-refractivity contribution in [2.24, 2.45) is 0 Å². The molecule has 4 rings (SSSR count). The zero-order valence-electron chi connectivity index (χ0n) is 19.9. The maximum Gasteiger partial charge on any atom is 0.421 e. The first-order valence-electron chi connectivity index (χ1n) is 11.9. The summed E-state index contributed by atoms with van der Waals surface area (Å²) >= 11 is 0. The number of hydrogen-bond donors (Lipinski definition) is 3. The van der Waals surface area contributed by atoms with Gasteiger partial charge in [0.05, 0.1) is 12.8 Å². The summed E-state index contributed by atoms with van der Waals surface area (Å²) in [5, 5.41) is 8.92. The molecule has 1 aromatic heterocycles. The Morgan fingerprint density at radius 1 is 1.11 bits per heavy atom. The van der Waals surface area contributed by atoms with Crippen molar-refractivity contribution in [1.29, 1.82) is 0 Å². The van der Waals surface area contributed by atoms with Gasteiger partial charge in [0.15, 0.2) is 0 Å². The minimum absolute atomic E-state index is 0.000300. The summed E-state index contributed by atoms with van der Waals surface area (Å²) in [4.78, 5) is 23.0. The molecule has 2 aliphatic rings. The van der Waals surface area contributed by atoms with Crippen LogP contribution in [0.5, 0.6) is 5.75 Å². The summed E-state index contributed by atoms with van der Waals surface area (Å²) in [5.41, 5.74) is -0.0268. The molecule has 190 valence electrons. The molecule has 1 aromatic carbocycles. The number of benzene rings is 1. The summed E-state index contributed by atoms with van der Waals surface area (Å²) in [6.45, 7) is 1.86. The van der Waals surface area contributed by atoms with E-state index in [0.29, 0.717) is 17.0 Å². The second kappa shape index (κ2) is 10.7. The predicted octanol–water partition coefficient (Wildman–Crippen LogP) is 4.43. The number of aromatic nitrogens is 2. The van der Waals surface area contributed by atoms with Crippen LogP contribution in [0, 0.1) is 0 Å². The molecule has 1 aliphatic carbocycles. The first kappa shape index (κ1) is 25.0. The van der Waals surface area contributed by atoms with Crippen LogP contribution in [0.2, 0.25) is 0 Å². The number of rotatable bonds is 7. The lowest BCUT2D eigenvalue weighted by Crippen LogP contribution is -2.43. The van der Waals surface area contributed by atoms with Crippen molar-refractivity contribution >= 4 is 23.4 Å². The summed E-state index contributed by atoms with van der Waals surface area (Å²) in [6.07, 6.45) is 1.55. The zero-order valence-corrected chi connectivity index (χ0v) is 19.9. The number of alkyl halides is 3. The fourth-order valence-corrected chi connectivity index (χ4v) is 4.50. The molecule has 11 heteroatoms. The number of likely N-dealkylation sites (tertiary alicyclic amines) is 1. The summed E-state index contributed by atoms with van der Waals surface area (Å²) in [5.74, 6) is -0.0802. The Balaban J connectivity index is 1.50. The summed E-state index contributed by atoms with van der Waals surface area (Å²) < 4.78 is 45.9. The van der Waals surface area contributed by atoms with Crippen LogP contribution in [-0.4, -0.2) is 60.1 Å². The Bertz CT molecular complexity index is 1030. The molecule has 1 saturated carbocycles. The van der Waals surface area contributed by atoms with Gasteiger partial charge < -0.3 is 25.6 Å². The number of nitrogens with one attached hydrogen (secondary N) is 3. The second-order valence-corrected chi connectivity index (χ2v) is 9.17. The molecular weight excluding hydrogens is 461 g/mol. The molecule has 1 saturated heterocycles. The van der Waals surface area contributed by atoms with Crippen LogP contribution < -0.4 is 20.7 Å². The number of carbonyl (C=O) groups excluding carboxylic acids is 1. The van der Waals surface area contributed by atoms with Gasteiger partial charge in [0.2, 0.25) is 5.95 Å². The van der Waals surface area contributed by atoms with Crippen LogP contribution in [0.4, 0.5) is 30.6 Å². The Morgan fingerprint density at radius 3 is 2.49 bits per heavy atom. The number of carbonyl (C=O) groups is 1. The number of piperidine rings is 1. The SMILES string of the molecule is COc1cc(C(=O)NC2CCN(C)CC2)ccc1Nc1ncc(C(F)(F)F)c(NC2CCCC2)n1. The molecule has 2 aromatic rings. The molecule has 3 N–H and O–H groups in total. The van der Waals surface area contributed by atoms with Gasteiger partial charge in [0.25, 0.3) is 5.91 Å². The number of ether oxygens (including phenoxy) is 1. The second-order valence-electron chi connectivity index (χ2n) is 9.17. The highest BCUT2D eigenvalue weighted by Gasteiger charge is 2.36. The van der Waals surface area contributed by atoms with Gasteiger partial charge in [0.1, 0.15) is 17.1 Å². The van der Waals surface area contributed by atoms with Crippen LogP contribution in [0.15, 0.2) is 24.4 Å². The van der Waals surface area contributed by atoms with E-state index in [1.807, 2.05) is 0 Å². The first-order valence-corrected chi connectivity index (χ1v) is 11.9. The van der Waals surface area contributed by atoms with Gasteiger partial charge in [-0.2, -0.15) is 18.2 Å². The molecule has 8 nitrogen and oxygen atoms in total. The third-order valence-corrected chi connectivity index (χ3v) is 6.55. The molecule has 0 spiro atoms. The van der Waals surface area contributed by atoms with Crippen molar-refractivity contribution in [3.05, 3.63) is 35.5 Å². The molecule has 0 atom stereocenters. The lowest BCUT2D eigenvalue weighted by Gasteiger charge is -2.29. The van der Waals surface area contributed by atoms with Crippen LogP contribution in [0.1, 0.15) is 54.4 Å². The number of halogens is 3. The van der Waals surface area contributed by atoms with E-state index >= 15 is 0 Å². The fourth-order valence-electron chi connectivity index (χ4n) is 4.50. The van der Waals surface area contributed by atoms with Crippen molar-refractivity contribution in [3.8, 4) is 5.75 Å². The van der Waals surface area contributed by atoms with Crippen LogP contribution in [0.25, 0.3) is 0 Å². The number of anilines is 3. The van der Waals surface area contributed by atoms with E-state index in [9.17, 15) is 18.0 Å². The van der Waals surface area contributed by atoms with E-state index in [0.717, 1.165) is 57.8 Å². The van der Waals surface area contributed by atoms with Crippen LogP contribution >= 0.6 is 0 Å². The molecular formula is C24H31F3N6O2. The van der Waals surface area contributed by atoms with Crippen molar-refractivity contribution in [1.82, 2.24) is 20.2 Å². The van der Waals surface area contributed by atoms with Gasteiger partial charge >= 0.3 is 6.18 Å².